The van der Waals surface area contributed by atoms with E-state index in [0.29, 0.717) is 37.0 Å². The zero-order valence-corrected chi connectivity index (χ0v) is 17.7. The van der Waals surface area contributed by atoms with E-state index >= 15 is 0 Å². The largest absolute Gasteiger partial charge is 0.493 e. The third kappa shape index (κ3) is 5.88. The van der Waals surface area contributed by atoms with Crippen molar-refractivity contribution in [1.82, 2.24) is 4.90 Å². The smallest absolute Gasteiger partial charge is 0.256 e. The number of nitrogens with zero attached hydrogens (tertiary/aromatic N) is 1. The zero-order chi connectivity index (χ0) is 20.5. The van der Waals surface area contributed by atoms with Gasteiger partial charge in [-0.3, -0.25) is 4.79 Å². The molecule has 0 heterocycles. The lowest BCUT2D eigenvalue weighted by Gasteiger charge is -2.24. The number of halogens is 1. The van der Waals surface area contributed by atoms with Gasteiger partial charge >= 0.3 is 0 Å². The van der Waals surface area contributed by atoms with E-state index in [4.69, 9.17) is 25.8 Å². The van der Waals surface area contributed by atoms with Gasteiger partial charge < -0.3 is 19.1 Å². The molecule has 0 saturated heterocycles. The Labute approximate surface area is 172 Å². The van der Waals surface area contributed by atoms with Crippen molar-refractivity contribution < 1.29 is 19.0 Å². The quantitative estimate of drug-likeness (QED) is 0.582. The number of carbonyl (C=O) groups excluding carboxylic acids is 1. The van der Waals surface area contributed by atoms with Crippen LogP contribution in [-0.2, 0) is 16.0 Å². The molecule has 2 aromatic rings. The molecule has 6 heteroatoms. The lowest BCUT2D eigenvalue weighted by molar-refractivity contribution is -0.142. The predicted octanol–water partition coefficient (Wildman–Crippen LogP) is 4.53. The van der Waals surface area contributed by atoms with Crippen molar-refractivity contribution in [1.29, 1.82) is 0 Å². The summed E-state index contributed by atoms with van der Waals surface area (Å²) in [5.74, 6) is 1.33. The van der Waals surface area contributed by atoms with Crippen LogP contribution < -0.4 is 9.47 Å². The third-order valence-electron chi connectivity index (χ3n) is 4.37. The predicted molar refractivity (Wildman–Crippen MR) is 111 cm³/mol. The topological polar surface area (TPSA) is 48.0 Å². The fourth-order valence-corrected chi connectivity index (χ4v) is 2.99. The van der Waals surface area contributed by atoms with E-state index in [2.05, 4.69) is 0 Å². The van der Waals surface area contributed by atoms with E-state index < -0.39 is 6.10 Å². The highest BCUT2D eigenvalue weighted by molar-refractivity contribution is 6.30. The molecule has 1 unspecified atom stereocenters. The lowest BCUT2D eigenvalue weighted by atomic mass is 10.1. The molecule has 0 radical (unpaired) electrons. The normalized spacial score (nSPS) is 11.8. The SMILES string of the molecule is CCOc1ccc(CCN(C)C(=O)C(OCC)c2ccc(Cl)cc2)cc1OC. The number of amides is 1. The van der Waals surface area contributed by atoms with Crippen LogP contribution in [0.3, 0.4) is 0 Å². The van der Waals surface area contributed by atoms with Gasteiger partial charge in [0.2, 0.25) is 0 Å². The molecule has 152 valence electrons. The Balaban J connectivity index is 2.05. The van der Waals surface area contributed by atoms with E-state index in [-0.39, 0.29) is 5.91 Å². The van der Waals surface area contributed by atoms with Gasteiger partial charge in [0.05, 0.1) is 13.7 Å². The standard InChI is InChI=1S/C22H28ClNO4/c1-5-27-19-12-7-16(15-20(19)26-4)13-14-24(3)22(25)21(28-6-2)17-8-10-18(23)11-9-17/h7-12,15,21H,5-6,13-14H2,1-4H3. The van der Waals surface area contributed by atoms with Crippen LogP contribution in [0.25, 0.3) is 0 Å². The van der Waals surface area contributed by atoms with Crippen LogP contribution in [0.15, 0.2) is 42.5 Å². The van der Waals surface area contributed by atoms with Crippen LogP contribution in [0.1, 0.15) is 31.1 Å². The molecule has 1 amide bonds. The monoisotopic (exact) mass is 405 g/mol. The molecule has 0 bridgehead atoms. The summed E-state index contributed by atoms with van der Waals surface area (Å²) in [5.41, 5.74) is 1.87. The number of hydrogen-bond acceptors (Lipinski definition) is 4. The Hall–Kier alpha value is -2.24. The molecular weight excluding hydrogens is 378 g/mol. The molecular formula is C22H28ClNO4. The molecule has 0 aromatic heterocycles. The van der Waals surface area contributed by atoms with Crippen molar-refractivity contribution in [2.24, 2.45) is 0 Å². The van der Waals surface area contributed by atoms with Crippen molar-refractivity contribution >= 4 is 17.5 Å². The second-order valence-corrected chi connectivity index (χ2v) is 6.75. The summed E-state index contributed by atoms with van der Waals surface area (Å²) >= 11 is 5.95. The minimum atomic E-state index is -0.637. The molecule has 0 aliphatic heterocycles. The van der Waals surface area contributed by atoms with E-state index in [0.717, 1.165) is 16.9 Å². The number of carbonyl (C=O) groups is 1. The number of hydrogen-bond donors (Lipinski definition) is 0. The van der Waals surface area contributed by atoms with Gasteiger partial charge in [0.25, 0.3) is 5.91 Å². The maximum atomic E-state index is 12.9. The molecule has 28 heavy (non-hydrogen) atoms. The van der Waals surface area contributed by atoms with Gasteiger partial charge in [-0.2, -0.15) is 0 Å². The first kappa shape index (κ1) is 22.1. The molecule has 0 fully saturated rings. The second kappa shape index (κ2) is 10.9. The summed E-state index contributed by atoms with van der Waals surface area (Å²) in [4.78, 5) is 14.6. The molecule has 2 rings (SSSR count). The summed E-state index contributed by atoms with van der Waals surface area (Å²) in [6.07, 6.45) is 0.0620. The van der Waals surface area contributed by atoms with Crippen LogP contribution >= 0.6 is 11.6 Å². The second-order valence-electron chi connectivity index (χ2n) is 6.31. The highest BCUT2D eigenvalue weighted by Gasteiger charge is 2.24. The van der Waals surface area contributed by atoms with E-state index in [9.17, 15) is 4.79 Å². The maximum Gasteiger partial charge on any atom is 0.256 e. The first-order valence-electron chi connectivity index (χ1n) is 9.41. The summed E-state index contributed by atoms with van der Waals surface area (Å²) in [5, 5.41) is 0.629. The minimum Gasteiger partial charge on any atom is -0.493 e. The van der Waals surface area contributed by atoms with E-state index in [1.165, 1.54) is 0 Å². The highest BCUT2D eigenvalue weighted by Crippen LogP contribution is 2.28. The van der Waals surface area contributed by atoms with Crippen LogP contribution in [0.2, 0.25) is 5.02 Å². The average molecular weight is 406 g/mol. The van der Waals surface area contributed by atoms with Crippen molar-refractivity contribution in [3.63, 3.8) is 0 Å². The highest BCUT2D eigenvalue weighted by atomic mass is 35.5. The minimum absolute atomic E-state index is 0.0814. The number of benzene rings is 2. The molecule has 0 spiro atoms. The van der Waals surface area contributed by atoms with Gasteiger partial charge in [-0.25, -0.2) is 0 Å². The Bertz CT molecular complexity index is 764. The van der Waals surface area contributed by atoms with E-state index in [1.54, 1.807) is 31.2 Å². The van der Waals surface area contributed by atoms with Crippen LogP contribution in [0.5, 0.6) is 11.5 Å². The summed E-state index contributed by atoms with van der Waals surface area (Å²) < 4.78 is 16.7. The number of methoxy groups -OCH3 is 1. The Morgan fingerprint density at radius 2 is 1.79 bits per heavy atom. The van der Waals surface area contributed by atoms with Crippen molar-refractivity contribution in [3.05, 3.63) is 58.6 Å². The molecule has 1 atom stereocenters. The third-order valence-corrected chi connectivity index (χ3v) is 4.62. The summed E-state index contributed by atoms with van der Waals surface area (Å²) in [7, 11) is 3.41. The average Bonchev–Trinajstić information content (AvgIpc) is 2.71. The number of rotatable bonds is 10. The lowest BCUT2D eigenvalue weighted by Crippen LogP contribution is -2.34. The molecule has 0 saturated carbocycles. The van der Waals surface area contributed by atoms with Crippen molar-refractivity contribution in [2.45, 2.75) is 26.4 Å². The Morgan fingerprint density at radius 3 is 2.39 bits per heavy atom. The fourth-order valence-electron chi connectivity index (χ4n) is 2.86. The van der Waals surface area contributed by atoms with Crippen LogP contribution in [0.4, 0.5) is 0 Å². The van der Waals surface area contributed by atoms with Crippen LogP contribution in [0, 0.1) is 0 Å². The number of likely N-dealkylation sites (N-methyl/N-ethyl adjacent to an activating group) is 1. The van der Waals surface area contributed by atoms with Crippen LogP contribution in [-0.4, -0.2) is 44.7 Å². The van der Waals surface area contributed by atoms with Gasteiger partial charge in [0.1, 0.15) is 0 Å². The first-order chi connectivity index (χ1) is 13.5. The summed E-state index contributed by atoms with van der Waals surface area (Å²) in [6.45, 7) is 5.40. The van der Waals surface area contributed by atoms with Crippen molar-refractivity contribution in [3.8, 4) is 11.5 Å². The van der Waals surface area contributed by atoms with Gasteiger partial charge in [-0.15, -0.1) is 0 Å². The Kier molecular flexibility index (Phi) is 8.61. The molecule has 2 aromatic carbocycles. The van der Waals surface area contributed by atoms with Gasteiger partial charge in [0, 0.05) is 25.2 Å². The first-order valence-corrected chi connectivity index (χ1v) is 9.79. The molecule has 0 aliphatic rings. The molecule has 0 aliphatic carbocycles. The Morgan fingerprint density at radius 1 is 1.07 bits per heavy atom. The fraction of sp³-hybridized carbons (Fsp3) is 0.409. The molecule has 0 N–H and O–H groups in total. The summed E-state index contributed by atoms with van der Waals surface area (Å²) in [6, 6.07) is 13.0. The van der Waals surface area contributed by atoms with Gasteiger partial charge in [-0.05, 0) is 55.7 Å². The van der Waals surface area contributed by atoms with Crippen molar-refractivity contribution in [2.75, 3.05) is 33.9 Å². The maximum absolute atomic E-state index is 12.9. The molecule has 5 nitrogen and oxygen atoms in total. The van der Waals surface area contributed by atoms with Gasteiger partial charge in [0.15, 0.2) is 17.6 Å². The number of ether oxygens (including phenoxy) is 3. The van der Waals surface area contributed by atoms with Gasteiger partial charge in [-0.1, -0.05) is 29.8 Å². The zero-order valence-electron chi connectivity index (χ0n) is 16.9. The van der Waals surface area contributed by atoms with E-state index in [1.807, 2.05) is 44.2 Å².